The number of benzene rings is 1. The van der Waals surface area contributed by atoms with Crippen molar-refractivity contribution in [2.75, 3.05) is 20.4 Å². The lowest BCUT2D eigenvalue weighted by Gasteiger charge is -2.14. The van der Waals surface area contributed by atoms with Crippen molar-refractivity contribution in [3.8, 4) is 11.3 Å². The Kier molecular flexibility index (Phi) is 5.02. The second-order valence-electron chi connectivity index (χ2n) is 6.33. The van der Waals surface area contributed by atoms with Gasteiger partial charge in [0, 0.05) is 28.6 Å². The number of H-pyrrole nitrogens is 1. The molecule has 0 saturated heterocycles. The van der Waals surface area contributed by atoms with E-state index in [0.717, 1.165) is 0 Å². The van der Waals surface area contributed by atoms with E-state index in [1.54, 1.807) is 0 Å². The Labute approximate surface area is 162 Å². The van der Waals surface area contributed by atoms with Crippen molar-refractivity contribution in [1.82, 2.24) is 15.0 Å². The number of carbonyl (C=O) groups excluding carboxylic acids is 1. The first-order valence-electron chi connectivity index (χ1n) is 7.83. The Morgan fingerprint density at radius 3 is 2.54 bits per heavy atom. The predicted octanol–water partition coefficient (Wildman–Crippen LogP) is 4.33. The van der Waals surface area contributed by atoms with Gasteiger partial charge in [0.05, 0.1) is 23.9 Å². The van der Waals surface area contributed by atoms with Gasteiger partial charge in [0.2, 0.25) is 5.28 Å². The van der Waals surface area contributed by atoms with Crippen LogP contribution in [0.3, 0.4) is 0 Å². The van der Waals surface area contributed by atoms with Crippen molar-refractivity contribution in [3.05, 3.63) is 40.9 Å². The average molecular weight is 432 g/mol. The van der Waals surface area contributed by atoms with Crippen LogP contribution in [-0.2, 0) is 15.5 Å². The highest BCUT2D eigenvalue weighted by atomic mass is 35.5. The van der Waals surface area contributed by atoms with Crippen molar-refractivity contribution in [3.63, 3.8) is 0 Å². The summed E-state index contributed by atoms with van der Waals surface area (Å²) in [6.45, 7) is 2.91. The summed E-state index contributed by atoms with van der Waals surface area (Å²) in [6, 6.07) is 2.82. The van der Waals surface area contributed by atoms with Crippen molar-refractivity contribution < 1.29 is 27.3 Å². The first-order valence-corrected chi connectivity index (χ1v) is 10.8. The number of nitrogens with zero attached hydrogens (tertiary/aromatic N) is 2. The summed E-state index contributed by atoms with van der Waals surface area (Å²) in [5, 5.41) is 0.157. The number of hydrogen-bond donors (Lipinski definition) is 1. The maximum Gasteiger partial charge on any atom is 0.419 e. The van der Waals surface area contributed by atoms with Crippen LogP contribution < -0.4 is 5.30 Å². The molecule has 3 aromatic rings. The molecule has 0 aliphatic carbocycles. The average Bonchev–Trinajstić information content (AvgIpc) is 3.01. The van der Waals surface area contributed by atoms with Gasteiger partial charge in [0.15, 0.2) is 0 Å². The van der Waals surface area contributed by atoms with Crippen molar-refractivity contribution in [2.24, 2.45) is 0 Å². The molecule has 0 atom stereocenters. The van der Waals surface area contributed by atoms with Gasteiger partial charge in [-0.15, -0.1) is 0 Å². The Bertz CT molecular complexity index is 1140. The molecule has 0 bridgehead atoms. The van der Waals surface area contributed by atoms with E-state index in [4.69, 9.17) is 16.3 Å². The van der Waals surface area contributed by atoms with Crippen molar-refractivity contribution in [2.45, 2.75) is 6.18 Å². The summed E-state index contributed by atoms with van der Waals surface area (Å²) in [6.07, 6.45) is -2.79. The lowest BCUT2D eigenvalue weighted by molar-refractivity contribution is -0.137. The maximum absolute atomic E-state index is 13.4. The van der Waals surface area contributed by atoms with Crippen LogP contribution in [0.4, 0.5) is 13.2 Å². The molecular formula is C17H14ClF3N3O3P. The fraction of sp³-hybridized carbons (Fsp3) is 0.235. The molecule has 3 rings (SSSR count). The van der Waals surface area contributed by atoms with Crippen LogP contribution in [0.2, 0.25) is 5.28 Å². The third kappa shape index (κ3) is 3.52. The summed E-state index contributed by atoms with van der Waals surface area (Å²) in [5.74, 6) is -0.696. The number of aromatic amines is 1. The van der Waals surface area contributed by atoms with Gasteiger partial charge in [-0.1, -0.05) is 6.07 Å². The third-order valence-electron chi connectivity index (χ3n) is 4.09. The zero-order chi connectivity index (χ0) is 20.9. The maximum atomic E-state index is 13.4. The Balaban J connectivity index is 2.38. The van der Waals surface area contributed by atoms with Gasteiger partial charge in [-0.2, -0.15) is 13.2 Å². The molecule has 0 fully saturated rings. The summed E-state index contributed by atoms with van der Waals surface area (Å²) < 4.78 is 57.8. The number of carbonyl (C=O) groups is 1. The summed E-state index contributed by atoms with van der Waals surface area (Å²) >= 11 is 5.72. The minimum absolute atomic E-state index is 0.0773. The Hall–Kier alpha value is -2.38. The second-order valence-corrected chi connectivity index (χ2v) is 9.82. The highest BCUT2D eigenvalue weighted by molar-refractivity contribution is 7.70. The van der Waals surface area contributed by atoms with E-state index in [1.807, 2.05) is 0 Å². The highest BCUT2D eigenvalue weighted by Crippen LogP contribution is 2.43. The minimum Gasteiger partial charge on any atom is -0.465 e. The summed E-state index contributed by atoms with van der Waals surface area (Å²) in [5.41, 5.74) is -1.04. The van der Waals surface area contributed by atoms with Gasteiger partial charge in [0.1, 0.15) is 12.7 Å². The van der Waals surface area contributed by atoms with Crippen LogP contribution >= 0.6 is 18.7 Å². The molecule has 1 N–H and O–H groups in total. The molecule has 0 aliphatic heterocycles. The van der Waals surface area contributed by atoms with E-state index in [0.29, 0.717) is 11.6 Å². The number of rotatable bonds is 3. The number of halogens is 4. The molecule has 0 saturated carbocycles. The fourth-order valence-electron chi connectivity index (χ4n) is 2.99. The molecule has 0 unspecified atom stereocenters. The van der Waals surface area contributed by atoms with Gasteiger partial charge in [-0.3, -0.25) is 0 Å². The topological polar surface area (TPSA) is 84.9 Å². The molecule has 2 heterocycles. The highest BCUT2D eigenvalue weighted by Gasteiger charge is 2.36. The number of ether oxygens (including phenoxy) is 1. The number of fused-ring (bicyclic) bond motifs is 1. The number of aromatic nitrogens is 3. The van der Waals surface area contributed by atoms with E-state index in [2.05, 4.69) is 15.0 Å². The monoisotopic (exact) mass is 431 g/mol. The third-order valence-corrected chi connectivity index (χ3v) is 5.82. The smallest absolute Gasteiger partial charge is 0.419 e. The van der Waals surface area contributed by atoms with Crippen LogP contribution in [0.5, 0.6) is 0 Å². The van der Waals surface area contributed by atoms with Gasteiger partial charge in [-0.25, -0.2) is 14.8 Å². The molecule has 1 aromatic carbocycles. The molecule has 0 radical (unpaired) electrons. The largest absolute Gasteiger partial charge is 0.465 e. The normalized spacial score (nSPS) is 12.4. The van der Waals surface area contributed by atoms with Crippen LogP contribution in [0.1, 0.15) is 15.9 Å². The summed E-state index contributed by atoms with van der Waals surface area (Å²) in [4.78, 5) is 22.1. The molecule has 0 aliphatic rings. The Morgan fingerprint density at radius 2 is 1.96 bits per heavy atom. The molecule has 11 heteroatoms. The van der Waals surface area contributed by atoms with Crippen LogP contribution in [0.25, 0.3) is 22.2 Å². The lowest BCUT2D eigenvalue weighted by Crippen LogP contribution is -2.18. The molecule has 6 nitrogen and oxygen atoms in total. The number of hydrogen-bond acceptors (Lipinski definition) is 5. The molecular weight excluding hydrogens is 418 g/mol. The number of nitrogens with one attached hydrogen (secondary N) is 1. The zero-order valence-electron chi connectivity index (χ0n) is 14.9. The number of esters is 1. The SMILES string of the molecule is COC(=O)c1ccc2c(-c3nc(Cl)ncc3C(F)(F)F)c[nH]c2c1P(C)(C)=O. The molecule has 0 amide bonds. The standard InChI is InChI=1S/C17H14ClF3N3O3P/c1-27-15(25)9-5-4-8-10(6-22-13(8)14(9)28(2,3)26)12-11(17(19,20)21)7-23-16(18)24-12/h4-7,22H,1-3H3. The van der Waals surface area contributed by atoms with E-state index in [9.17, 15) is 22.5 Å². The first-order chi connectivity index (χ1) is 12.9. The van der Waals surface area contributed by atoms with E-state index < -0.39 is 30.5 Å². The quantitative estimate of drug-likeness (QED) is 0.379. The van der Waals surface area contributed by atoms with Crippen LogP contribution in [0, 0.1) is 0 Å². The molecule has 0 spiro atoms. The van der Waals surface area contributed by atoms with Crippen molar-refractivity contribution >= 4 is 40.9 Å². The first kappa shape index (κ1) is 20.4. The molecule has 2 aromatic heterocycles. The van der Waals surface area contributed by atoms with Gasteiger partial charge >= 0.3 is 12.1 Å². The lowest BCUT2D eigenvalue weighted by atomic mass is 10.0. The van der Waals surface area contributed by atoms with E-state index in [1.165, 1.54) is 38.8 Å². The van der Waals surface area contributed by atoms with Gasteiger partial charge in [0.25, 0.3) is 0 Å². The molecule has 148 valence electrons. The number of alkyl halides is 3. The van der Waals surface area contributed by atoms with Crippen LogP contribution in [-0.4, -0.2) is 41.4 Å². The van der Waals surface area contributed by atoms with Crippen LogP contribution in [0.15, 0.2) is 24.5 Å². The van der Waals surface area contributed by atoms with Gasteiger partial charge in [-0.05, 0) is 31.0 Å². The van der Waals surface area contributed by atoms with E-state index >= 15 is 0 Å². The summed E-state index contributed by atoms with van der Waals surface area (Å²) in [7, 11) is -1.83. The second kappa shape index (κ2) is 6.90. The molecule has 28 heavy (non-hydrogen) atoms. The van der Waals surface area contributed by atoms with E-state index in [-0.39, 0.29) is 27.2 Å². The minimum atomic E-state index is -4.71. The zero-order valence-corrected chi connectivity index (χ0v) is 16.5. The van der Waals surface area contributed by atoms with Gasteiger partial charge < -0.3 is 14.3 Å². The van der Waals surface area contributed by atoms with Crippen molar-refractivity contribution in [1.29, 1.82) is 0 Å². The Morgan fingerprint density at radius 1 is 1.29 bits per heavy atom. The predicted molar refractivity (Wildman–Crippen MR) is 99.8 cm³/mol. The fourth-order valence-corrected chi connectivity index (χ4v) is 4.59. The number of methoxy groups -OCH3 is 1.